The number of aromatic amines is 1. The monoisotopic (exact) mass is 395 g/mol. The van der Waals surface area contributed by atoms with Crippen LogP contribution in [0.15, 0.2) is 48.5 Å². The van der Waals surface area contributed by atoms with E-state index in [1.54, 1.807) is 24.3 Å². The van der Waals surface area contributed by atoms with E-state index in [-0.39, 0.29) is 11.4 Å². The summed E-state index contributed by atoms with van der Waals surface area (Å²) >= 11 is 5.87. The largest absolute Gasteiger partial charge is 0.358 e. The number of rotatable bonds is 5. The van der Waals surface area contributed by atoms with Gasteiger partial charge in [0.1, 0.15) is 0 Å². The Kier molecular flexibility index (Phi) is 4.84. The van der Waals surface area contributed by atoms with Crippen molar-refractivity contribution in [2.45, 2.75) is 33.1 Å². The maximum atomic E-state index is 12.1. The number of aryl methyl sites for hydroxylation is 1. The average Bonchev–Trinajstić information content (AvgIpc) is 3.02. The lowest BCUT2D eigenvalue weighted by Crippen LogP contribution is -2.29. The molecule has 0 bridgehead atoms. The SMILES string of the molecule is Cc1[nH]c2ccccc2c1[C@H]1[C@H](CCNC(=O)Nc2ccc(Cl)cc2)C1(C)C. The molecule has 2 aromatic carbocycles. The van der Waals surface area contributed by atoms with Crippen LogP contribution < -0.4 is 10.6 Å². The highest BCUT2D eigenvalue weighted by Gasteiger charge is 2.58. The van der Waals surface area contributed by atoms with Gasteiger partial charge in [-0.2, -0.15) is 0 Å². The minimum absolute atomic E-state index is 0.180. The van der Waals surface area contributed by atoms with E-state index >= 15 is 0 Å². The van der Waals surface area contributed by atoms with Gasteiger partial charge in [0.25, 0.3) is 0 Å². The number of hydrogen-bond acceptors (Lipinski definition) is 1. The first kappa shape index (κ1) is 18.9. The Morgan fingerprint density at radius 1 is 1.14 bits per heavy atom. The van der Waals surface area contributed by atoms with Gasteiger partial charge in [-0.1, -0.05) is 43.6 Å². The van der Waals surface area contributed by atoms with Crippen molar-refractivity contribution < 1.29 is 4.79 Å². The summed E-state index contributed by atoms with van der Waals surface area (Å²) in [5.74, 6) is 1.08. The second-order valence-electron chi connectivity index (χ2n) is 8.29. The number of carbonyl (C=O) groups excluding carboxylic acids is 1. The minimum atomic E-state index is -0.180. The number of aromatic nitrogens is 1. The summed E-state index contributed by atoms with van der Waals surface area (Å²) in [6.45, 7) is 7.48. The van der Waals surface area contributed by atoms with Crippen LogP contribution in [0.4, 0.5) is 10.5 Å². The number of nitrogens with one attached hydrogen (secondary N) is 3. The van der Waals surface area contributed by atoms with Crippen LogP contribution in [0.1, 0.15) is 37.4 Å². The molecule has 1 fully saturated rings. The van der Waals surface area contributed by atoms with Crippen LogP contribution in [-0.4, -0.2) is 17.6 Å². The first-order chi connectivity index (χ1) is 13.4. The lowest BCUT2D eigenvalue weighted by atomic mass is 10.0. The van der Waals surface area contributed by atoms with Gasteiger partial charge in [0.05, 0.1) is 0 Å². The number of H-pyrrole nitrogens is 1. The first-order valence-corrected chi connectivity index (χ1v) is 10.1. The van der Waals surface area contributed by atoms with Crippen molar-refractivity contribution in [2.75, 3.05) is 11.9 Å². The topological polar surface area (TPSA) is 56.9 Å². The summed E-state index contributed by atoms with van der Waals surface area (Å²) in [6, 6.07) is 15.4. The molecule has 0 radical (unpaired) electrons. The number of anilines is 1. The Hall–Kier alpha value is -2.46. The first-order valence-electron chi connectivity index (χ1n) is 9.75. The maximum Gasteiger partial charge on any atom is 0.319 e. The quantitative estimate of drug-likeness (QED) is 0.481. The second-order valence-corrected chi connectivity index (χ2v) is 8.73. The number of hydrogen-bond donors (Lipinski definition) is 3. The lowest BCUT2D eigenvalue weighted by Gasteiger charge is -2.08. The highest BCUT2D eigenvalue weighted by atomic mass is 35.5. The fraction of sp³-hybridized carbons (Fsp3) is 0.348. The zero-order valence-corrected chi connectivity index (χ0v) is 17.2. The predicted molar refractivity (Wildman–Crippen MR) is 116 cm³/mol. The van der Waals surface area contributed by atoms with Crippen LogP contribution in [0.25, 0.3) is 10.9 Å². The zero-order chi connectivity index (χ0) is 19.9. The fourth-order valence-electron chi connectivity index (χ4n) is 4.60. The molecule has 0 spiro atoms. The van der Waals surface area contributed by atoms with E-state index < -0.39 is 0 Å². The number of benzene rings is 2. The van der Waals surface area contributed by atoms with Crippen LogP contribution in [0, 0.1) is 18.3 Å². The van der Waals surface area contributed by atoms with Crippen molar-refractivity contribution >= 4 is 34.2 Å². The van der Waals surface area contributed by atoms with E-state index in [2.05, 4.69) is 60.7 Å². The van der Waals surface area contributed by atoms with Gasteiger partial charge in [-0.3, -0.25) is 0 Å². The lowest BCUT2D eigenvalue weighted by molar-refractivity contribution is 0.251. The van der Waals surface area contributed by atoms with Crippen LogP contribution in [-0.2, 0) is 0 Å². The second kappa shape index (κ2) is 7.17. The molecule has 2 atom stereocenters. The van der Waals surface area contributed by atoms with Gasteiger partial charge < -0.3 is 15.6 Å². The van der Waals surface area contributed by atoms with Gasteiger partial charge in [0, 0.05) is 33.9 Å². The molecule has 3 aromatic rings. The number of para-hydroxylation sites is 1. The van der Waals surface area contributed by atoms with Gasteiger partial charge >= 0.3 is 6.03 Å². The number of carbonyl (C=O) groups is 1. The molecule has 3 N–H and O–H groups in total. The van der Waals surface area contributed by atoms with Crippen LogP contribution in [0.5, 0.6) is 0 Å². The van der Waals surface area contributed by atoms with Gasteiger partial charge in [-0.05, 0) is 66.5 Å². The number of amides is 2. The number of halogens is 1. The highest BCUT2D eigenvalue weighted by Crippen LogP contribution is 2.67. The van der Waals surface area contributed by atoms with Crippen molar-refractivity contribution in [1.82, 2.24) is 10.3 Å². The molecule has 0 unspecified atom stereocenters. The van der Waals surface area contributed by atoms with E-state index in [0.717, 1.165) is 12.1 Å². The molecule has 1 heterocycles. The van der Waals surface area contributed by atoms with Crippen molar-refractivity contribution in [3.05, 3.63) is 64.8 Å². The molecule has 2 amide bonds. The van der Waals surface area contributed by atoms with Gasteiger partial charge in [0.2, 0.25) is 0 Å². The van der Waals surface area contributed by atoms with Crippen molar-refractivity contribution in [3.8, 4) is 0 Å². The molecule has 146 valence electrons. The Labute approximate surface area is 170 Å². The van der Waals surface area contributed by atoms with E-state index in [1.165, 1.54) is 22.2 Å². The zero-order valence-electron chi connectivity index (χ0n) is 16.5. The third-order valence-electron chi connectivity index (χ3n) is 6.15. The van der Waals surface area contributed by atoms with E-state index in [4.69, 9.17) is 11.6 Å². The van der Waals surface area contributed by atoms with E-state index in [9.17, 15) is 4.79 Å². The van der Waals surface area contributed by atoms with Gasteiger partial charge in [0.15, 0.2) is 0 Å². The normalized spacial score (nSPS) is 20.1. The molecule has 28 heavy (non-hydrogen) atoms. The summed E-state index contributed by atoms with van der Waals surface area (Å²) < 4.78 is 0. The van der Waals surface area contributed by atoms with Gasteiger partial charge in [-0.15, -0.1) is 0 Å². The minimum Gasteiger partial charge on any atom is -0.358 e. The fourth-order valence-corrected chi connectivity index (χ4v) is 4.73. The summed E-state index contributed by atoms with van der Waals surface area (Å²) in [7, 11) is 0. The molecule has 1 saturated carbocycles. The predicted octanol–water partition coefficient (Wildman–Crippen LogP) is 6.08. The summed E-state index contributed by atoms with van der Waals surface area (Å²) in [4.78, 5) is 15.7. The average molecular weight is 396 g/mol. The van der Waals surface area contributed by atoms with Crippen molar-refractivity contribution in [2.24, 2.45) is 11.3 Å². The molecular formula is C23H26ClN3O. The molecular weight excluding hydrogens is 370 g/mol. The van der Waals surface area contributed by atoms with Crippen molar-refractivity contribution in [3.63, 3.8) is 0 Å². The van der Waals surface area contributed by atoms with E-state index in [0.29, 0.717) is 23.4 Å². The molecule has 1 aliphatic carbocycles. The highest BCUT2D eigenvalue weighted by molar-refractivity contribution is 6.30. The Morgan fingerprint density at radius 3 is 2.61 bits per heavy atom. The molecule has 5 heteroatoms. The molecule has 0 saturated heterocycles. The third kappa shape index (κ3) is 3.49. The van der Waals surface area contributed by atoms with E-state index in [1.807, 2.05) is 0 Å². The van der Waals surface area contributed by atoms with Crippen LogP contribution in [0.2, 0.25) is 5.02 Å². The smallest absolute Gasteiger partial charge is 0.319 e. The summed E-state index contributed by atoms with van der Waals surface area (Å²) in [5.41, 5.74) is 4.88. The standard InChI is InChI=1S/C23H26ClN3O/c1-14-20(17-6-4-5-7-19(17)26-14)21-18(23(21,2)3)12-13-25-22(28)27-16-10-8-15(24)9-11-16/h4-11,18,21,26H,12-13H2,1-3H3,(H2,25,27,28)/t18-,21+/m0/s1. The van der Waals surface area contributed by atoms with Crippen molar-refractivity contribution in [1.29, 1.82) is 0 Å². The Balaban J connectivity index is 1.37. The molecule has 1 aliphatic rings. The molecule has 4 rings (SSSR count). The molecule has 1 aromatic heterocycles. The van der Waals surface area contributed by atoms with Gasteiger partial charge in [-0.25, -0.2) is 4.79 Å². The summed E-state index contributed by atoms with van der Waals surface area (Å²) in [6.07, 6.45) is 0.963. The number of urea groups is 1. The molecule has 4 nitrogen and oxygen atoms in total. The maximum absolute atomic E-state index is 12.1. The number of fused-ring (bicyclic) bond motifs is 1. The Morgan fingerprint density at radius 2 is 1.86 bits per heavy atom. The third-order valence-corrected chi connectivity index (χ3v) is 6.40. The Bertz CT molecular complexity index is 1010. The van der Waals surface area contributed by atoms with Crippen LogP contribution >= 0.6 is 11.6 Å². The van der Waals surface area contributed by atoms with Crippen LogP contribution in [0.3, 0.4) is 0 Å². The summed E-state index contributed by atoms with van der Waals surface area (Å²) in [5, 5.41) is 7.81. The molecule has 0 aliphatic heterocycles.